The number of nitrogens with two attached hydrogens (primary N) is 1. The van der Waals surface area contributed by atoms with E-state index in [2.05, 4.69) is 36.2 Å². The van der Waals surface area contributed by atoms with E-state index in [1.165, 1.54) is 34.9 Å². The summed E-state index contributed by atoms with van der Waals surface area (Å²) in [5.41, 5.74) is 12.0. The molecule has 0 aliphatic rings. The number of hydrogen-bond donors (Lipinski definition) is 2. The molecule has 0 spiro atoms. The van der Waals surface area contributed by atoms with E-state index < -0.39 is 0 Å². The van der Waals surface area contributed by atoms with Gasteiger partial charge in [0.2, 0.25) is 0 Å². The number of benzene rings is 2. The second kappa shape index (κ2) is 9.65. The molecule has 0 saturated carbocycles. The number of ether oxygens (including phenoxy) is 2. The van der Waals surface area contributed by atoms with Gasteiger partial charge in [0.1, 0.15) is 11.5 Å². The van der Waals surface area contributed by atoms with Crippen molar-refractivity contribution < 1.29 is 9.47 Å². The van der Waals surface area contributed by atoms with Gasteiger partial charge in [0.15, 0.2) is 0 Å². The van der Waals surface area contributed by atoms with Crippen molar-refractivity contribution in [3.63, 3.8) is 0 Å². The van der Waals surface area contributed by atoms with Crippen molar-refractivity contribution >= 4 is 10.9 Å². The third-order valence-electron chi connectivity index (χ3n) is 5.39. The van der Waals surface area contributed by atoms with Crippen LogP contribution in [-0.2, 0) is 12.8 Å². The van der Waals surface area contributed by atoms with Crippen molar-refractivity contribution in [3.05, 3.63) is 47.5 Å². The number of para-hydroxylation sites is 1. The molecule has 0 fully saturated rings. The van der Waals surface area contributed by atoms with E-state index in [-0.39, 0.29) is 0 Å². The maximum Gasteiger partial charge on any atom is 0.131 e. The fraction of sp³-hybridized carbons (Fsp3) is 0.417. The SMILES string of the molecule is CCCCc1cccc2c(CCCCN)c(-c3ccc(OC)cc3OC)[nH]c12. The predicted octanol–water partition coefficient (Wildman–Crippen LogP) is 5.48. The second-order valence-corrected chi connectivity index (χ2v) is 7.23. The summed E-state index contributed by atoms with van der Waals surface area (Å²) in [5.74, 6) is 1.62. The Balaban J connectivity index is 2.15. The van der Waals surface area contributed by atoms with E-state index in [9.17, 15) is 0 Å². The molecule has 0 radical (unpaired) electrons. The molecule has 0 aliphatic carbocycles. The molecule has 4 heteroatoms. The first-order chi connectivity index (χ1) is 13.7. The molecule has 3 rings (SSSR count). The first-order valence-corrected chi connectivity index (χ1v) is 10.3. The number of methoxy groups -OCH3 is 2. The van der Waals surface area contributed by atoms with E-state index in [1.54, 1.807) is 14.2 Å². The number of H-pyrrole nitrogens is 1. The highest BCUT2D eigenvalue weighted by molar-refractivity contribution is 5.94. The lowest BCUT2D eigenvalue weighted by molar-refractivity contribution is 0.395. The number of aromatic nitrogens is 1. The monoisotopic (exact) mass is 380 g/mol. The minimum Gasteiger partial charge on any atom is -0.497 e. The fourth-order valence-corrected chi connectivity index (χ4v) is 3.85. The zero-order chi connectivity index (χ0) is 19.9. The minimum absolute atomic E-state index is 0.727. The van der Waals surface area contributed by atoms with Crippen LogP contribution in [0.1, 0.15) is 43.7 Å². The van der Waals surface area contributed by atoms with Crippen molar-refractivity contribution in [2.45, 2.75) is 45.4 Å². The van der Waals surface area contributed by atoms with Crippen LogP contribution in [0.25, 0.3) is 22.2 Å². The molecule has 3 aromatic rings. The standard InChI is InChI=1S/C24H32N2O2/c1-4-5-9-17-10-8-12-19-20(11-6-7-15-25)24(26-23(17)19)21-14-13-18(27-2)16-22(21)28-3/h8,10,12-14,16,26H,4-7,9,11,15,25H2,1-3H3. The number of fused-ring (bicyclic) bond motifs is 1. The van der Waals surface area contributed by atoms with Gasteiger partial charge in [0, 0.05) is 22.5 Å². The Morgan fingerprint density at radius 3 is 2.54 bits per heavy atom. The predicted molar refractivity (Wildman–Crippen MR) is 117 cm³/mol. The molecule has 0 unspecified atom stereocenters. The number of rotatable bonds is 10. The smallest absolute Gasteiger partial charge is 0.131 e. The van der Waals surface area contributed by atoms with Crippen LogP contribution < -0.4 is 15.2 Å². The molecule has 0 aliphatic heterocycles. The van der Waals surface area contributed by atoms with E-state index in [4.69, 9.17) is 15.2 Å². The highest BCUT2D eigenvalue weighted by Crippen LogP contribution is 2.39. The molecule has 0 atom stereocenters. The fourth-order valence-electron chi connectivity index (χ4n) is 3.85. The molecule has 1 heterocycles. The molecule has 150 valence electrons. The largest absolute Gasteiger partial charge is 0.497 e. The first kappa shape index (κ1) is 20.3. The van der Waals surface area contributed by atoms with Gasteiger partial charge in [-0.3, -0.25) is 0 Å². The van der Waals surface area contributed by atoms with E-state index >= 15 is 0 Å². The lowest BCUT2D eigenvalue weighted by Gasteiger charge is -2.11. The summed E-state index contributed by atoms with van der Waals surface area (Å²) in [5, 5.41) is 1.32. The number of unbranched alkanes of at least 4 members (excludes halogenated alkanes) is 2. The van der Waals surface area contributed by atoms with Gasteiger partial charge >= 0.3 is 0 Å². The van der Waals surface area contributed by atoms with Crippen LogP contribution in [0, 0.1) is 0 Å². The van der Waals surface area contributed by atoms with Gasteiger partial charge in [-0.25, -0.2) is 0 Å². The Morgan fingerprint density at radius 1 is 0.964 bits per heavy atom. The van der Waals surface area contributed by atoms with Crippen molar-refractivity contribution in [2.75, 3.05) is 20.8 Å². The van der Waals surface area contributed by atoms with Crippen molar-refractivity contribution in [1.29, 1.82) is 0 Å². The minimum atomic E-state index is 0.727. The molecule has 1 aromatic heterocycles. The summed E-state index contributed by atoms with van der Waals surface area (Å²) in [7, 11) is 3.39. The average Bonchev–Trinajstić information content (AvgIpc) is 3.11. The van der Waals surface area contributed by atoms with Gasteiger partial charge < -0.3 is 20.2 Å². The first-order valence-electron chi connectivity index (χ1n) is 10.3. The Morgan fingerprint density at radius 2 is 1.82 bits per heavy atom. The van der Waals surface area contributed by atoms with Crippen LogP contribution in [0.5, 0.6) is 11.5 Å². The Hall–Kier alpha value is -2.46. The molecule has 0 amide bonds. The zero-order valence-electron chi connectivity index (χ0n) is 17.3. The van der Waals surface area contributed by atoms with Crippen LogP contribution in [0.3, 0.4) is 0 Å². The molecule has 2 aromatic carbocycles. The van der Waals surface area contributed by atoms with Gasteiger partial charge in [-0.2, -0.15) is 0 Å². The molecule has 0 saturated heterocycles. The van der Waals surface area contributed by atoms with E-state index in [0.29, 0.717) is 0 Å². The molecule has 0 bridgehead atoms. The van der Waals surface area contributed by atoms with Crippen LogP contribution in [0.15, 0.2) is 36.4 Å². The number of hydrogen-bond acceptors (Lipinski definition) is 3. The summed E-state index contributed by atoms with van der Waals surface area (Å²) in [6.45, 7) is 2.96. The third-order valence-corrected chi connectivity index (χ3v) is 5.39. The normalized spacial score (nSPS) is 11.1. The lowest BCUT2D eigenvalue weighted by Crippen LogP contribution is -1.99. The topological polar surface area (TPSA) is 60.3 Å². The summed E-state index contributed by atoms with van der Waals surface area (Å²) in [4.78, 5) is 3.75. The van der Waals surface area contributed by atoms with Gasteiger partial charge in [-0.1, -0.05) is 31.5 Å². The molecular weight excluding hydrogens is 348 g/mol. The highest BCUT2D eigenvalue weighted by atomic mass is 16.5. The van der Waals surface area contributed by atoms with Crippen LogP contribution >= 0.6 is 0 Å². The number of nitrogens with one attached hydrogen (secondary N) is 1. The Kier molecular flexibility index (Phi) is 6.99. The lowest BCUT2D eigenvalue weighted by atomic mass is 9.98. The summed E-state index contributed by atoms with van der Waals surface area (Å²) in [6.07, 6.45) is 6.59. The molecule has 3 N–H and O–H groups in total. The van der Waals surface area contributed by atoms with Crippen molar-refractivity contribution in [3.8, 4) is 22.8 Å². The maximum absolute atomic E-state index is 5.74. The van der Waals surface area contributed by atoms with Crippen molar-refractivity contribution in [1.82, 2.24) is 4.98 Å². The Bertz CT molecular complexity index is 914. The van der Waals surface area contributed by atoms with Crippen LogP contribution in [-0.4, -0.2) is 25.7 Å². The Labute approximate surface area is 168 Å². The van der Waals surface area contributed by atoms with Gasteiger partial charge in [-0.15, -0.1) is 0 Å². The van der Waals surface area contributed by atoms with E-state index in [0.717, 1.165) is 55.0 Å². The average molecular weight is 381 g/mol. The van der Waals surface area contributed by atoms with E-state index in [1.807, 2.05) is 12.1 Å². The van der Waals surface area contributed by atoms with Gasteiger partial charge in [0.25, 0.3) is 0 Å². The van der Waals surface area contributed by atoms with Crippen molar-refractivity contribution in [2.24, 2.45) is 5.73 Å². The number of aromatic amines is 1. The highest BCUT2D eigenvalue weighted by Gasteiger charge is 2.18. The molecule has 4 nitrogen and oxygen atoms in total. The molecule has 28 heavy (non-hydrogen) atoms. The summed E-state index contributed by atoms with van der Waals surface area (Å²) < 4.78 is 11.1. The zero-order valence-corrected chi connectivity index (χ0v) is 17.3. The maximum atomic E-state index is 5.74. The van der Waals surface area contributed by atoms with Crippen LogP contribution in [0.2, 0.25) is 0 Å². The second-order valence-electron chi connectivity index (χ2n) is 7.23. The summed E-state index contributed by atoms with van der Waals surface area (Å²) >= 11 is 0. The summed E-state index contributed by atoms with van der Waals surface area (Å²) in [6, 6.07) is 12.7. The van der Waals surface area contributed by atoms with Crippen LogP contribution in [0.4, 0.5) is 0 Å². The van der Waals surface area contributed by atoms with Gasteiger partial charge in [-0.05, 0) is 61.9 Å². The third kappa shape index (κ3) is 4.17. The number of aryl methyl sites for hydroxylation is 2. The van der Waals surface area contributed by atoms with Gasteiger partial charge in [0.05, 0.1) is 19.9 Å². The quantitative estimate of drug-likeness (QED) is 0.458. The molecular formula is C24H32N2O2.